The molecule has 0 fully saturated rings. The van der Waals surface area contributed by atoms with Gasteiger partial charge in [0.25, 0.3) is 0 Å². The van der Waals surface area contributed by atoms with Crippen molar-refractivity contribution in [3.63, 3.8) is 0 Å². The molecule has 19 heteroatoms. The smallest absolute Gasteiger partial charge is 0.171 e. The maximum atomic E-state index is 15.0. The second-order valence-corrected chi connectivity index (χ2v) is 22.8. The topological polar surface area (TPSA) is 143 Å². The molecule has 0 bridgehead atoms. The molecule has 0 spiro atoms. The summed E-state index contributed by atoms with van der Waals surface area (Å²) in [6.45, 7) is 1.05. The van der Waals surface area contributed by atoms with Crippen LogP contribution in [0.2, 0.25) is 15.5 Å². The fourth-order valence-corrected chi connectivity index (χ4v) is 11.2. The summed E-state index contributed by atoms with van der Waals surface area (Å²) in [6.07, 6.45) is 24.1. The number of aldehydes is 3. The van der Waals surface area contributed by atoms with E-state index in [0.29, 0.717) is 72.4 Å². The van der Waals surface area contributed by atoms with Gasteiger partial charge in [-0.3, -0.25) is 14.4 Å². The minimum atomic E-state index is -0.515. The minimum absolute atomic E-state index is 0.0467. The van der Waals surface area contributed by atoms with Gasteiger partial charge in [0.1, 0.15) is 99.4 Å². The number of aromatic amines is 1. The molecule has 3 unspecified atom stereocenters. The molecule has 0 saturated heterocycles. The molecule has 1 N–H and O–H groups in total. The molecule has 9 aromatic rings. The predicted octanol–water partition coefficient (Wildman–Crippen LogP) is 18.8. The van der Waals surface area contributed by atoms with Gasteiger partial charge in [0.05, 0.1) is 28.8 Å². The number of rotatable bonds is 17. The zero-order valence-electron chi connectivity index (χ0n) is 47.6. The molecule has 3 heterocycles. The van der Waals surface area contributed by atoms with Gasteiger partial charge in [-0.15, -0.1) is 0 Å². The lowest BCUT2D eigenvalue weighted by atomic mass is 10.0. The number of hydrogen-bond acceptors (Lipinski definition) is 9. The number of allylic oxidation sites excluding steroid dienone is 6. The highest BCUT2D eigenvalue weighted by Crippen LogP contribution is 2.38. The van der Waals surface area contributed by atoms with Crippen LogP contribution >= 0.6 is 50.7 Å². The molecule has 452 valence electrons. The first-order valence-electron chi connectivity index (χ1n) is 28.6. The van der Waals surface area contributed by atoms with Gasteiger partial charge >= 0.3 is 0 Å². The van der Waals surface area contributed by atoms with Crippen LogP contribution in [0.5, 0.6) is 17.2 Å². The Morgan fingerprint density at radius 3 is 1.32 bits per heavy atom. The van der Waals surface area contributed by atoms with Crippen LogP contribution in [-0.4, -0.2) is 52.8 Å². The number of H-pyrrole nitrogens is 1. The number of halogens is 7. The molecular formula is C69H61BrCl3F3N6O6. The molecule has 0 saturated carbocycles. The van der Waals surface area contributed by atoms with Crippen molar-refractivity contribution >= 4 is 69.6 Å². The molecule has 88 heavy (non-hydrogen) atoms. The van der Waals surface area contributed by atoms with E-state index in [1.807, 2.05) is 103 Å². The average molecular weight is 1310 g/mol. The van der Waals surface area contributed by atoms with Gasteiger partial charge in [-0.2, -0.15) is 0 Å². The summed E-state index contributed by atoms with van der Waals surface area (Å²) >= 11 is 21.9. The number of imidazole rings is 3. The fourth-order valence-electron chi connectivity index (χ4n) is 9.94. The first-order chi connectivity index (χ1) is 42.9. The van der Waals surface area contributed by atoms with Crippen molar-refractivity contribution in [2.45, 2.75) is 94.5 Å². The number of hydrogen-bond donors (Lipinski definition) is 1. The molecule has 3 aliphatic carbocycles. The van der Waals surface area contributed by atoms with Gasteiger partial charge < -0.3 is 28.3 Å². The average Bonchev–Trinajstić information content (AvgIpc) is 3.17. The molecule has 0 amide bonds. The molecule has 0 radical (unpaired) electrons. The molecule has 3 aliphatic rings. The van der Waals surface area contributed by atoms with Crippen LogP contribution in [0.15, 0.2) is 182 Å². The van der Waals surface area contributed by atoms with Gasteiger partial charge in [0.2, 0.25) is 0 Å². The number of carbonyl (C=O) groups is 3. The van der Waals surface area contributed by atoms with Crippen LogP contribution in [0.25, 0.3) is 34.2 Å². The molecule has 3 atom stereocenters. The predicted molar refractivity (Wildman–Crippen MR) is 343 cm³/mol. The lowest BCUT2D eigenvalue weighted by Crippen LogP contribution is -2.13. The lowest BCUT2D eigenvalue weighted by Gasteiger charge is -2.21. The monoisotopic (exact) mass is 1310 g/mol. The van der Waals surface area contributed by atoms with Crippen LogP contribution in [-0.2, 0) is 19.8 Å². The quantitative estimate of drug-likeness (QED) is 0.0535. The first kappa shape index (κ1) is 64.2. The van der Waals surface area contributed by atoms with Crippen LogP contribution in [0.4, 0.5) is 13.2 Å². The summed E-state index contributed by atoms with van der Waals surface area (Å²) in [5.74, 6) is 0.680. The normalized spacial score (nSPS) is 15.7. The van der Waals surface area contributed by atoms with Gasteiger partial charge in [-0.25, -0.2) is 28.1 Å². The Morgan fingerprint density at radius 2 is 0.943 bits per heavy atom. The second-order valence-electron chi connectivity index (χ2n) is 20.6. The zero-order chi connectivity index (χ0) is 61.8. The molecule has 0 aliphatic heterocycles. The van der Waals surface area contributed by atoms with Crippen molar-refractivity contribution in [1.82, 2.24) is 29.1 Å². The summed E-state index contributed by atoms with van der Waals surface area (Å²) in [5.41, 5.74) is 4.20. The maximum Gasteiger partial charge on any atom is 0.171 e. The highest BCUT2D eigenvalue weighted by molar-refractivity contribution is 9.09. The summed E-state index contributed by atoms with van der Waals surface area (Å²) in [7, 11) is 0. The van der Waals surface area contributed by atoms with E-state index in [9.17, 15) is 27.6 Å². The first-order valence-corrected chi connectivity index (χ1v) is 30.7. The molecule has 6 aromatic carbocycles. The summed E-state index contributed by atoms with van der Waals surface area (Å²) in [6, 6.07) is 42.6. The molecular weight excluding hydrogens is 1250 g/mol. The Labute approximate surface area is 531 Å². The Kier molecular flexibility index (Phi) is 23.4. The van der Waals surface area contributed by atoms with E-state index in [4.69, 9.17) is 49.0 Å². The third kappa shape index (κ3) is 17.1. The molecule has 12 rings (SSSR count). The standard InChI is InChI=1S/2C23H20ClFN2O2.C17H12ClFN2O2.C6H9Br/c24-22-21(14-28)27(17-9-5-2-6-10-17)23(26-22)19-12-11-18(13-20(19)25)29-15-16-7-3-1-4-8-16;24-22-21(14-28)26-23(27(22)17-9-5-2-6-10-17)19-12-11-18(13-20(19)25)29-15-16-7-3-1-4-8-16;18-16-15(9-22)20-17(21-16)13-7-6-12(8-14(13)19)23-10-11-4-2-1-3-5-11;7-6-4-2-1-3-5-6/h2*1,3-5,7-9,11-14,17H,2,6,10,15H2;1-9H,10H2,(H,20,21);2,4,6H,1,3,5H2. The third-order valence-electron chi connectivity index (χ3n) is 14.4. The highest BCUT2D eigenvalue weighted by atomic mass is 79.9. The van der Waals surface area contributed by atoms with E-state index in [-0.39, 0.29) is 67.1 Å². The number of nitrogens with one attached hydrogen (secondary N) is 1. The van der Waals surface area contributed by atoms with Crippen LogP contribution < -0.4 is 14.2 Å². The molecule has 12 nitrogen and oxygen atoms in total. The van der Waals surface area contributed by atoms with Crippen molar-refractivity contribution in [2.75, 3.05) is 0 Å². The van der Waals surface area contributed by atoms with E-state index < -0.39 is 17.5 Å². The Balaban J connectivity index is 0.000000149. The van der Waals surface area contributed by atoms with Gasteiger partial charge in [-0.05, 0) is 111 Å². The van der Waals surface area contributed by atoms with Crippen LogP contribution in [0, 0.1) is 17.5 Å². The second kappa shape index (κ2) is 32.1. The Bertz CT molecular complexity index is 3810. The summed E-state index contributed by atoms with van der Waals surface area (Å²) < 4.78 is 64.6. The van der Waals surface area contributed by atoms with Crippen LogP contribution in [0.3, 0.4) is 0 Å². The zero-order valence-corrected chi connectivity index (χ0v) is 51.5. The van der Waals surface area contributed by atoms with Crippen molar-refractivity contribution in [3.8, 4) is 51.4 Å². The number of aromatic nitrogens is 6. The van der Waals surface area contributed by atoms with Gasteiger partial charge in [0.15, 0.2) is 24.0 Å². The van der Waals surface area contributed by atoms with E-state index in [2.05, 4.69) is 60.2 Å². The van der Waals surface area contributed by atoms with E-state index in [1.165, 1.54) is 43.5 Å². The Morgan fingerprint density at radius 1 is 0.511 bits per heavy atom. The molecule has 3 aromatic heterocycles. The number of benzene rings is 6. The van der Waals surface area contributed by atoms with Crippen LogP contribution in [0.1, 0.15) is 118 Å². The number of nitrogens with zero attached hydrogens (tertiary/aromatic N) is 5. The third-order valence-corrected chi connectivity index (χ3v) is 16.1. The SMILES string of the molecule is BrC1C=CCCC1.O=Cc1c(Cl)nc(-c2ccc(OCc3ccccc3)cc2F)n1C1C=CCCC1.O=Cc1nc(-c2ccc(OCc3ccccc3)cc2F)[nH]c1Cl.O=Cc1nc(-c2ccc(OCc3ccccc3)cc2F)n(C2C=CCCC2)c1Cl. The minimum Gasteiger partial charge on any atom is -0.489 e. The lowest BCUT2D eigenvalue weighted by molar-refractivity contribution is 0.110. The fraction of sp³-hybridized carbons (Fsp3) is 0.217. The van der Waals surface area contributed by atoms with Crippen molar-refractivity contribution in [3.05, 3.63) is 249 Å². The highest BCUT2D eigenvalue weighted by Gasteiger charge is 2.27. The number of alkyl halides is 1. The van der Waals surface area contributed by atoms with Crippen molar-refractivity contribution in [2.24, 2.45) is 0 Å². The maximum absolute atomic E-state index is 15.0. The van der Waals surface area contributed by atoms with E-state index in [0.717, 1.165) is 55.2 Å². The van der Waals surface area contributed by atoms with Crippen molar-refractivity contribution < 1.29 is 41.8 Å². The summed E-state index contributed by atoms with van der Waals surface area (Å²) in [5, 5.41) is 0.395. The van der Waals surface area contributed by atoms with Gasteiger partial charge in [-0.1, -0.05) is 178 Å². The van der Waals surface area contributed by atoms with Crippen molar-refractivity contribution in [1.29, 1.82) is 0 Å². The Hall–Kier alpha value is -8.28. The largest absolute Gasteiger partial charge is 0.489 e. The summed E-state index contributed by atoms with van der Waals surface area (Å²) in [4.78, 5) is 49.6. The van der Waals surface area contributed by atoms with E-state index in [1.54, 1.807) is 39.5 Å². The van der Waals surface area contributed by atoms with Gasteiger partial charge in [0, 0.05) is 23.0 Å². The number of ether oxygens (including phenoxy) is 3. The van der Waals surface area contributed by atoms with E-state index >= 15 is 0 Å². The number of carbonyl (C=O) groups excluding carboxylic acids is 3.